The molecule has 0 aromatic heterocycles. The monoisotopic (exact) mass is 150 g/mol. The van der Waals surface area contributed by atoms with Crippen molar-refractivity contribution >= 4 is 0 Å². The summed E-state index contributed by atoms with van der Waals surface area (Å²) in [6.45, 7) is 4.56. The zero-order valence-corrected chi connectivity index (χ0v) is 7.64. The molecule has 0 radical (unpaired) electrons. The van der Waals surface area contributed by atoms with Crippen molar-refractivity contribution in [3.63, 3.8) is 0 Å². The van der Waals surface area contributed by atoms with Crippen molar-refractivity contribution in [1.82, 2.24) is 0 Å². The molecule has 0 spiro atoms. The van der Waals surface area contributed by atoms with Gasteiger partial charge in [0.15, 0.2) is 0 Å². The van der Waals surface area contributed by atoms with Crippen molar-refractivity contribution < 1.29 is 0 Å². The molecule has 0 amide bonds. The van der Waals surface area contributed by atoms with Gasteiger partial charge >= 0.3 is 0 Å². The summed E-state index contributed by atoms with van der Waals surface area (Å²) in [5, 5.41) is 0. The summed E-state index contributed by atoms with van der Waals surface area (Å²) in [5.74, 6) is 0. The van der Waals surface area contributed by atoms with Crippen molar-refractivity contribution in [3.05, 3.63) is 24.3 Å². The van der Waals surface area contributed by atoms with Gasteiger partial charge in [0.05, 0.1) is 0 Å². The molecule has 1 rings (SSSR count). The summed E-state index contributed by atoms with van der Waals surface area (Å²) in [6, 6.07) is 0. The highest BCUT2D eigenvalue weighted by Gasteiger charge is 2.22. The maximum atomic E-state index is 2.39. The molecule has 0 heteroatoms. The second-order valence-corrected chi connectivity index (χ2v) is 3.46. The van der Waals surface area contributed by atoms with E-state index in [1.54, 1.807) is 0 Å². The lowest BCUT2D eigenvalue weighted by molar-refractivity contribution is 0.334. The summed E-state index contributed by atoms with van der Waals surface area (Å²) in [6.07, 6.45) is 14.2. The predicted molar refractivity (Wildman–Crippen MR) is 50.5 cm³/mol. The van der Waals surface area contributed by atoms with Gasteiger partial charge in [-0.3, -0.25) is 0 Å². The van der Waals surface area contributed by atoms with Crippen LogP contribution >= 0.6 is 0 Å². The van der Waals surface area contributed by atoms with Crippen LogP contribution in [0.2, 0.25) is 0 Å². The highest BCUT2D eigenvalue weighted by Crippen LogP contribution is 2.35. The summed E-state index contributed by atoms with van der Waals surface area (Å²) in [7, 11) is 0. The first-order valence-corrected chi connectivity index (χ1v) is 4.67. The van der Waals surface area contributed by atoms with Crippen LogP contribution in [0.25, 0.3) is 0 Å². The largest absolute Gasteiger partial charge is 0.0837 e. The first-order valence-electron chi connectivity index (χ1n) is 4.67. The molecule has 0 aromatic carbocycles. The number of hydrogen-bond acceptors (Lipinski definition) is 0. The Bertz CT molecular complexity index is 165. The number of hydrogen-bond donors (Lipinski definition) is 0. The van der Waals surface area contributed by atoms with Crippen LogP contribution in [0.15, 0.2) is 24.3 Å². The Balaban J connectivity index is 2.60. The first-order chi connectivity index (χ1) is 5.33. The van der Waals surface area contributed by atoms with E-state index < -0.39 is 0 Å². The summed E-state index contributed by atoms with van der Waals surface area (Å²) in [4.78, 5) is 0. The molecule has 0 bridgehead atoms. The molecule has 1 unspecified atom stereocenters. The number of rotatable bonds is 3. The molecule has 11 heavy (non-hydrogen) atoms. The van der Waals surface area contributed by atoms with Crippen LogP contribution in [0, 0.1) is 5.41 Å². The van der Waals surface area contributed by atoms with E-state index in [4.69, 9.17) is 0 Å². The van der Waals surface area contributed by atoms with Crippen LogP contribution in [-0.2, 0) is 0 Å². The van der Waals surface area contributed by atoms with Crippen LogP contribution in [0.5, 0.6) is 0 Å². The van der Waals surface area contributed by atoms with Gasteiger partial charge in [0.2, 0.25) is 0 Å². The second-order valence-electron chi connectivity index (χ2n) is 3.46. The molecule has 0 aliphatic heterocycles. The fourth-order valence-corrected chi connectivity index (χ4v) is 1.83. The van der Waals surface area contributed by atoms with Crippen molar-refractivity contribution in [2.45, 2.75) is 39.5 Å². The molecule has 1 aliphatic carbocycles. The molecular formula is C11H18. The average molecular weight is 150 g/mol. The smallest absolute Gasteiger partial charge is 0.00833 e. The van der Waals surface area contributed by atoms with E-state index >= 15 is 0 Å². The highest BCUT2D eigenvalue weighted by atomic mass is 14.3. The van der Waals surface area contributed by atoms with Crippen LogP contribution < -0.4 is 0 Å². The fourth-order valence-electron chi connectivity index (χ4n) is 1.83. The molecule has 0 saturated carbocycles. The van der Waals surface area contributed by atoms with E-state index in [0.717, 1.165) is 0 Å². The van der Waals surface area contributed by atoms with Gasteiger partial charge in [0.1, 0.15) is 0 Å². The second kappa shape index (κ2) is 3.75. The third-order valence-electron chi connectivity index (χ3n) is 2.67. The molecular weight excluding hydrogens is 132 g/mol. The Labute approximate surface area is 70.0 Å². The van der Waals surface area contributed by atoms with Crippen LogP contribution in [0.4, 0.5) is 0 Å². The van der Waals surface area contributed by atoms with Gasteiger partial charge in [-0.15, -0.1) is 0 Å². The SMILES string of the molecule is CCCC1(CC)C=CC=CC1. The molecule has 0 nitrogen and oxygen atoms in total. The Kier molecular flexibility index (Phi) is 2.92. The minimum Gasteiger partial charge on any atom is -0.0837 e. The van der Waals surface area contributed by atoms with Crippen LogP contribution in [0.3, 0.4) is 0 Å². The third-order valence-corrected chi connectivity index (χ3v) is 2.67. The molecule has 1 atom stereocenters. The topological polar surface area (TPSA) is 0 Å². The van der Waals surface area contributed by atoms with Gasteiger partial charge in [-0.2, -0.15) is 0 Å². The molecule has 0 saturated heterocycles. The lowest BCUT2D eigenvalue weighted by Crippen LogP contribution is -2.16. The minimum absolute atomic E-state index is 0.503. The van der Waals surface area contributed by atoms with E-state index in [9.17, 15) is 0 Å². The third kappa shape index (κ3) is 1.95. The normalized spacial score (nSPS) is 29.3. The average Bonchev–Trinajstić information content (AvgIpc) is 2.07. The summed E-state index contributed by atoms with van der Waals surface area (Å²) in [5.41, 5.74) is 0.503. The zero-order chi connectivity index (χ0) is 8.16. The molecule has 0 N–H and O–H groups in total. The summed E-state index contributed by atoms with van der Waals surface area (Å²) >= 11 is 0. The summed E-state index contributed by atoms with van der Waals surface area (Å²) < 4.78 is 0. The minimum atomic E-state index is 0.503. The van der Waals surface area contributed by atoms with Gasteiger partial charge in [0.25, 0.3) is 0 Å². The van der Waals surface area contributed by atoms with E-state index in [2.05, 4.69) is 38.2 Å². The maximum absolute atomic E-state index is 2.39. The van der Waals surface area contributed by atoms with Gasteiger partial charge in [-0.1, -0.05) is 44.6 Å². The van der Waals surface area contributed by atoms with Crippen molar-refractivity contribution in [3.8, 4) is 0 Å². The Hall–Kier alpha value is -0.520. The lowest BCUT2D eigenvalue weighted by atomic mass is 9.76. The number of allylic oxidation sites excluding steroid dienone is 4. The zero-order valence-electron chi connectivity index (χ0n) is 7.64. The maximum Gasteiger partial charge on any atom is -0.00833 e. The highest BCUT2D eigenvalue weighted by molar-refractivity contribution is 5.16. The van der Waals surface area contributed by atoms with Gasteiger partial charge in [-0.05, 0) is 24.7 Å². The Morgan fingerprint density at radius 1 is 1.27 bits per heavy atom. The van der Waals surface area contributed by atoms with E-state index in [-0.39, 0.29) is 0 Å². The Morgan fingerprint density at radius 2 is 2.09 bits per heavy atom. The molecule has 0 fully saturated rings. The van der Waals surface area contributed by atoms with Crippen molar-refractivity contribution in [2.24, 2.45) is 5.41 Å². The molecule has 0 aromatic rings. The van der Waals surface area contributed by atoms with Crippen LogP contribution in [-0.4, -0.2) is 0 Å². The van der Waals surface area contributed by atoms with Crippen LogP contribution in [0.1, 0.15) is 39.5 Å². The fraction of sp³-hybridized carbons (Fsp3) is 0.636. The first kappa shape index (κ1) is 8.58. The molecule has 1 aliphatic rings. The van der Waals surface area contributed by atoms with Gasteiger partial charge in [0, 0.05) is 0 Å². The molecule has 0 heterocycles. The lowest BCUT2D eigenvalue weighted by Gasteiger charge is -2.29. The van der Waals surface area contributed by atoms with Gasteiger partial charge in [-0.25, -0.2) is 0 Å². The van der Waals surface area contributed by atoms with E-state index in [1.807, 2.05) is 0 Å². The van der Waals surface area contributed by atoms with E-state index in [1.165, 1.54) is 25.7 Å². The molecule has 62 valence electrons. The predicted octanol–water partition coefficient (Wildman–Crippen LogP) is 3.70. The van der Waals surface area contributed by atoms with Gasteiger partial charge < -0.3 is 0 Å². The standard InChI is InChI=1S/C11H18/c1-3-8-11(4-2)9-6-5-7-10-11/h5-7,9H,3-4,8,10H2,1-2H3. The van der Waals surface area contributed by atoms with Crippen molar-refractivity contribution in [2.75, 3.05) is 0 Å². The Morgan fingerprint density at radius 3 is 2.55 bits per heavy atom. The van der Waals surface area contributed by atoms with Crippen molar-refractivity contribution in [1.29, 1.82) is 0 Å². The van der Waals surface area contributed by atoms with E-state index in [0.29, 0.717) is 5.41 Å². The quantitative estimate of drug-likeness (QED) is 0.575.